The maximum absolute atomic E-state index is 5.25. The minimum atomic E-state index is 0.396. The van der Waals surface area contributed by atoms with Crippen molar-refractivity contribution in [3.63, 3.8) is 0 Å². The summed E-state index contributed by atoms with van der Waals surface area (Å²) in [5.41, 5.74) is 0.396. The zero-order valence-electron chi connectivity index (χ0n) is 14.1. The minimum Gasteiger partial charge on any atom is -0.383 e. The molecule has 0 aromatic heterocycles. The van der Waals surface area contributed by atoms with E-state index >= 15 is 0 Å². The SMILES string of the molecule is CCCNCC(CC)(CC)CN(CCOC)C(C)C. The minimum absolute atomic E-state index is 0.396. The molecule has 0 amide bonds. The van der Waals surface area contributed by atoms with Crippen molar-refractivity contribution in [1.82, 2.24) is 10.2 Å². The number of ether oxygens (including phenoxy) is 1. The third-order valence-corrected chi connectivity index (χ3v) is 4.28. The van der Waals surface area contributed by atoms with E-state index in [2.05, 4.69) is 44.8 Å². The van der Waals surface area contributed by atoms with E-state index in [0.29, 0.717) is 11.5 Å². The van der Waals surface area contributed by atoms with Crippen molar-refractivity contribution in [2.24, 2.45) is 5.41 Å². The fourth-order valence-corrected chi connectivity index (χ4v) is 2.47. The molecular weight excluding hydrogens is 236 g/mol. The molecule has 19 heavy (non-hydrogen) atoms. The summed E-state index contributed by atoms with van der Waals surface area (Å²) in [4.78, 5) is 2.56. The molecule has 0 aliphatic carbocycles. The van der Waals surface area contributed by atoms with Crippen molar-refractivity contribution >= 4 is 0 Å². The number of hydrogen-bond donors (Lipinski definition) is 1. The maximum Gasteiger partial charge on any atom is 0.0589 e. The van der Waals surface area contributed by atoms with Gasteiger partial charge in [-0.25, -0.2) is 0 Å². The lowest BCUT2D eigenvalue weighted by molar-refractivity contribution is 0.0779. The lowest BCUT2D eigenvalue weighted by Crippen LogP contribution is -2.47. The Morgan fingerprint density at radius 1 is 1.16 bits per heavy atom. The average molecular weight is 272 g/mol. The topological polar surface area (TPSA) is 24.5 Å². The van der Waals surface area contributed by atoms with Crippen molar-refractivity contribution in [2.45, 2.75) is 59.9 Å². The Morgan fingerprint density at radius 3 is 2.21 bits per heavy atom. The van der Waals surface area contributed by atoms with Crippen LogP contribution in [-0.4, -0.2) is 50.8 Å². The van der Waals surface area contributed by atoms with Gasteiger partial charge in [-0.15, -0.1) is 0 Å². The number of nitrogens with zero attached hydrogens (tertiary/aromatic N) is 1. The van der Waals surface area contributed by atoms with E-state index in [1.165, 1.54) is 19.3 Å². The summed E-state index contributed by atoms with van der Waals surface area (Å²) >= 11 is 0. The van der Waals surface area contributed by atoms with Crippen LogP contribution in [0.5, 0.6) is 0 Å². The van der Waals surface area contributed by atoms with Crippen LogP contribution in [0.4, 0.5) is 0 Å². The van der Waals surface area contributed by atoms with Gasteiger partial charge in [0.1, 0.15) is 0 Å². The number of hydrogen-bond acceptors (Lipinski definition) is 3. The van der Waals surface area contributed by atoms with Crippen LogP contribution >= 0.6 is 0 Å². The first-order valence-corrected chi connectivity index (χ1v) is 7.98. The van der Waals surface area contributed by atoms with Gasteiger partial charge in [0.2, 0.25) is 0 Å². The van der Waals surface area contributed by atoms with Crippen molar-refractivity contribution < 1.29 is 4.74 Å². The van der Waals surface area contributed by atoms with Gasteiger partial charge < -0.3 is 10.1 Å². The van der Waals surface area contributed by atoms with Gasteiger partial charge in [0.05, 0.1) is 6.61 Å². The molecule has 0 heterocycles. The molecule has 0 aromatic carbocycles. The van der Waals surface area contributed by atoms with Gasteiger partial charge in [0.25, 0.3) is 0 Å². The molecule has 3 nitrogen and oxygen atoms in total. The lowest BCUT2D eigenvalue weighted by Gasteiger charge is -2.39. The molecule has 0 aliphatic rings. The van der Waals surface area contributed by atoms with E-state index in [1.807, 2.05) is 0 Å². The van der Waals surface area contributed by atoms with Crippen molar-refractivity contribution in [3.05, 3.63) is 0 Å². The summed E-state index contributed by atoms with van der Waals surface area (Å²) in [7, 11) is 1.79. The number of rotatable bonds is 12. The second kappa shape index (κ2) is 10.6. The highest BCUT2D eigenvalue weighted by Crippen LogP contribution is 2.27. The highest BCUT2D eigenvalue weighted by molar-refractivity contribution is 4.84. The first-order chi connectivity index (χ1) is 9.05. The fourth-order valence-electron chi connectivity index (χ4n) is 2.47. The summed E-state index contributed by atoms with van der Waals surface area (Å²) in [6.45, 7) is 16.7. The Balaban J connectivity index is 4.56. The molecule has 0 rings (SSSR count). The first-order valence-electron chi connectivity index (χ1n) is 7.98. The summed E-state index contributed by atoms with van der Waals surface area (Å²) in [5.74, 6) is 0. The summed E-state index contributed by atoms with van der Waals surface area (Å²) < 4.78 is 5.25. The van der Waals surface area contributed by atoms with E-state index in [0.717, 1.165) is 32.8 Å². The fraction of sp³-hybridized carbons (Fsp3) is 1.00. The van der Waals surface area contributed by atoms with Gasteiger partial charge in [-0.1, -0.05) is 20.8 Å². The van der Waals surface area contributed by atoms with Gasteiger partial charge in [0.15, 0.2) is 0 Å². The lowest BCUT2D eigenvalue weighted by atomic mass is 9.81. The van der Waals surface area contributed by atoms with E-state index in [-0.39, 0.29) is 0 Å². The Hall–Kier alpha value is -0.120. The predicted molar refractivity (Wildman–Crippen MR) is 84.8 cm³/mol. The Bertz CT molecular complexity index is 203. The predicted octanol–water partition coefficient (Wildman–Crippen LogP) is 3.15. The van der Waals surface area contributed by atoms with E-state index in [1.54, 1.807) is 7.11 Å². The molecule has 0 fully saturated rings. The molecule has 0 atom stereocenters. The van der Waals surface area contributed by atoms with Crippen LogP contribution in [0.15, 0.2) is 0 Å². The van der Waals surface area contributed by atoms with Gasteiger partial charge >= 0.3 is 0 Å². The standard InChI is InChI=1S/C16H36N2O/c1-7-10-17-13-16(8-2,9-3)14-18(15(4)5)11-12-19-6/h15,17H,7-14H2,1-6H3. The molecule has 0 bridgehead atoms. The normalized spacial score (nSPS) is 12.6. The quantitative estimate of drug-likeness (QED) is 0.552. The molecule has 116 valence electrons. The van der Waals surface area contributed by atoms with Gasteiger partial charge in [-0.05, 0) is 45.1 Å². The van der Waals surface area contributed by atoms with E-state index in [4.69, 9.17) is 4.74 Å². The van der Waals surface area contributed by atoms with Crippen LogP contribution in [0, 0.1) is 5.41 Å². The molecule has 0 aromatic rings. The Labute approximate surface area is 121 Å². The summed E-state index contributed by atoms with van der Waals surface area (Å²) in [6, 6.07) is 0.582. The molecule has 3 heteroatoms. The van der Waals surface area contributed by atoms with Gasteiger partial charge in [0, 0.05) is 32.8 Å². The second-order valence-corrected chi connectivity index (χ2v) is 5.94. The molecule has 0 unspecified atom stereocenters. The smallest absolute Gasteiger partial charge is 0.0589 e. The molecule has 0 saturated carbocycles. The van der Waals surface area contributed by atoms with Crippen molar-refractivity contribution in [1.29, 1.82) is 0 Å². The van der Waals surface area contributed by atoms with Crippen LogP contribution in [0.1, 0.15) is 53.9 Å². The number of nitrogens with one attached hydrogen (secondary N) is 1. The zero-order valence-corrected chi connectivity index (χ0v) is 14.1. The third-order valence-electron chi connectivity index (χ3n) is 4.28. The molecule has 1 N–H and O–H groups in total. The maximum atomic E-state index is 5.25. The van der Waals surface area contributed by atoms with Crippen molar-refractivity contribution in [2.75, 3.05) is 39.9 Å². The van der Waals surface area contributed by atoms with Gasteiger partial charge in [-0.3, -0.25) is 4.90 Å². The molecule has 0 aliphatic heterocycles. The highest BCUT2D eigenvalue weighted by atomic mass is 16.5. The van der Waals surface area contributed by atoms with E-state index < -0.39 is 0 Å². The number of methoxy groups -OCH3 is 1. The Morgan fingerprint density at radius 2 is 1.79 bits per heavy atom. The van der Waals surface area contributed by atoms with Crippen LogP contribution in [-0.2, 0) is 4.74 Å². The molecule has 0 radical (unpaired) electrons. The van der Waals surface area contributed by atoms with Crippen LogP contribution in [0.3, 0.4) is 0 Å². The Kier molecular flexibility index (Phi) is 10.6. The van der Waals surface area contributed by atoms with E-state index in [9.17, 15) is 0 Å². The molecule has 0 saturated heterocycles. The van der Waals surface area contributed by atoms with Crippen molar-refractivity contribution in [3.8, 4) is 0 Å². The van der Waals surface area contributed by atoms with Gasteiger partial charge in [-0.2, -0.15) is 0 Å². The highest BCUT2D eigenvalue weighted by Gasteiger charge is 2.29. The largest absolute Gasteiger partial charge is 0.383 e. The second-order valence-electron chi connectivity index (χ2n) is 5.94. The summed E-state index contributed by atoms with van der Waals surface area (Å²) in [5, 5.41) is 3.62. The van der Waals surface area contributed by atoms with Crippen LogP contribution < -0.4 is 5.32 Å². The zero-order chi connectivity index (χ0) is 14.7. The first kappa shape index (κ1) is 18.9. The molecular formula is C16H36N2O. The monoisotopic (exact) mass is 272 g/mol. The van der Waals surface area contributed by atoms with Crippen LogP contribution in [0.2, 0.25) is 0 Å². The average Bonchev–Trinajstić information content (AvgIpc) is 2.41. The molecule has 0 spiro atoms. The summed E-state index contributed by atoms with van der Waals surface area (Å²) in [6.07, 6.45) is 3.67. The third kappa shape index (κ3) is 7.28. The van der Waals surface area contributed by atoms with Crippen LogP contribution in [0.25, 0.3) is 0 Å².